The first-order valence-electron chi connectivity index (χ1n) is 5.93. The average Bonchev–Trinajstić information content (AvgIpc) is 3.02. The van der Waals surface area contributed by atoms with Gasteiger partial charge in [0.25, 0.3) is 10.2 Å². The third-order valence-corrected chi connectivity index (χ3v) is 4.92. The van der Waals surface area contributed by atoms with Crippen LogP contribution in [0.4, 0.5) is 0 Å². The summed E-state index contributed by atoms with van der Waals surface area (Å²) in [6, 6.07) is 0. The molecule has 88 valence electrons. The fourth-order valence-corrected chi connectivity index (χ4v) is 3.36. The van der Waals surface area contributed by atoms with Crippen LogP contribution in [0.2, 0.25) is 0 Å². The average molecular weight is 232 g/mol. The van der Waals surface area contributed by atoms with E-state index >= 15 is 0 Å². The summed E-state index contributed by atoms with van der Waals surface area (Å²) >= 11 is 0. The van der Waals surface area contributed by atoms with E-state index in [1.54, 1.807) is 0 Å². The van der Waals surface area contributed by atoms with Crippen molar-refractivity contribution in [3.63, 3.8) is 0 Å². The zero-order valence-electron chi connectivity index (χ0n) is 9.11. The Bertz CT molecular complexity index is 293. The van der Waals surface area contributed by atoms with Crippen LogP contribution in [0.1, 0.15) is 38.5 Å². The molecule has 0 aromatic rings. The van der Waals surface area contributed by atoms with Gasteiger partial charge in [0.05, 0.1) is 0 Å². The molecule has 1 N–H and O–H groups in total. The van der Waals surface area contributed by atoms with Gasteiger partial charge in [-0.3, -0.25) is 0 Å². The first-order chi connectivity index (χ1) is 7.18. The van der Waals surface area contributed by atoms with Crippen LogP contribution in [0.25, 0.3) is 0 Å². The molecule has 1 aliphatic heterocycles. The summed E-state index contributed by atoms with van der Waals surface area (Å²) in [5, 5.41) is 0. The molecule has 2 rings (SSSR count). The summed E-state index contributed by atoms with van der Waals surface area (Å²) in [5.41, 5.74) is 0. The van der Waals surface area contributed by atoms with Crippen molar-refractivity contribution in [1.29, 1.82) is 0 Å². The summed E-state index contributed by atoms with van der Waals surface area (Å²) in [7, 11) is -3.10. The van der Waals surface area contributed by atoms with Gasteiger partial charge in [0.2, 0.25) is 0 Å². The molecule has 1 aliphatic carbocycles. The molecule has 5 heteroatoms. The Kier molecular flexibility index (Phi) is 3.64. The van der Waals surface area contributed by atoms with Crippen molar-refractivity contribution >= 4 is 10.2 Å². The second kappa shape index (κ2) is 4.80. The number of hydrogen-bond acceptors (Lipinski definition) is 2. The van der Waals surface area contributed by atoms with Crippen molar-refractivity contribution in [2.75, 3.05) is 19.6 Å². The molecule has 1 saturated carbocycles. The molecule has 0 spiro atoms. The van der Waals surface area contributed by atoms with Crippen LogP contribution in [-0.4, -0.2) is 32.4 Å². The van der Waals surface area contributed by atoms with Gasteiger partial charge in [0.1, 0.15) is 0 Å². The Morgan fingerprint density at radius 1 is 1.13 bits per heavy atom. The van der Waals surface area contributed by atoms with Crippen LogP contribution in [-0.2, 0) is 10.2 Å². The number of hydrogen-bond donors (Lipinski definition) is 1. The Balaban J connectivity index is 1.65. The number of nitrogens with zero attached hydrogens (tertiary/aromatic N) is 1. The minimum Gasteiger partial charge on any atom is -0.202 e. The van der Waals surface area contributed by atoms with Gasteiger partial charge in [-0.25, -0.2) is 4.72 Å². The van der Waals surface area contributed by atoms with Gasteiger partial charge in [0, 0.05) is 19.6 Å². The Labute approximate surface area is 92.2 Å². The second-order valence-electron chi connectivity index (χ2n) is 4.59. The molecule has 1 heterocycles. The molecule has 0 unspecified atom stereocenters. The predicted octanol–water partition coefficient (Wildman–Crippen LogP) is 1.11. The van der Waals surface area contributed by atoms with Gasteiger partial charge in [-0.15, -0.1) is 0 Å². The standard InChI is InChI=1S/C10H20N2O2S/c13-15(14,12-8-9-12)11-7-6-10-4-2-1-3-5-10/h10-11H,1-9H2. The summed E-state index contributed by atoms with van der Waals surface area (Å²) in [4.78, 5) is 0. The molecule has 2 fully saturated rings. The van der Waals surface area contributed by atoms with Crippen LogP contribution in [0.15, 0.2) is 0 Å². The molecular formula is C10H20N2O2S. The van der Waals surface area contributed by atoms with E-state index < -0.39 is 10.2 Å². The molecule has 1 saturated heterocycles. The third-order valence-electron chi connectivity index (χ3n) is 3.31. The van der Waals surface area contributed by atoms with E-state index in [1.807, 2.05) is 0 Å². The van der Waals surface area contributed by atoms with Crippen molar-refractivity contribution in [1.82, 2.24) is 9.03 Å². The molecule has 15 heavy (non-hydrogen) atoms. The van der Waals surface area contributed by atoms with Gasteiger partial charge in [-0.05, 0) is 12.3 Å². The van der Waals surface area contributed by atoms with Crippen LogP contribution >= 0.6 is 0 Å². The van der Waals surface area contributed by atoms with Gasteiger partial charge >= 0.3 is 0 Å². The summed E-state index contributed by atoms with van der Waals surface area (Å²) in [6.45, 7) is 2.00. The van der Waals surface area contributed by atoms with Crippen molar-refractivity contribution in [2.24, 2.45) is 5.92 Å². The summed E-state index contributed by atoms with van der Waals surface area (Å²) < 4.78 is 27.0. The van der Waals surface area contributed by atoms with Crippen molar-refractivity contribution < 1.29 is 8.42 Å². The third kappa shape index (κ3) is 3.43. The topological polar surface area (TPSA) is 49.2 Å². The maximum atomic E-state index is 11.4. The first kappa shape index (κ1) is 11.4. The normalized spacial score (nSPS) is 24.3. The molecule has 0 radical (unpaired) electrons. The minimum atomic E-state index is -3.10. The van der Waals surface area contributed by atoms with Crippen molar-refractivity contribution in [3.05, 3.63) is 0 Å². The quantitative estimate of drug-likeness (QED) is 0.722. The monoisotopic (exact) mass is 232 g/mol. The minimum absolute atomic E-state index is 0.615. The van der Waals surface area contributed by atoms with Gasteiger partial charge in [-0.1, -0.05) is 32.1 Å². The van der Waals surface area contributed by atoms with Gasteiger partial charge < -0.3 is 0 Å². The molecule has 0 amide bonds. The van der Waals surface area contributed by atoms with Gasteiger partial charge in [0.15, 0.2) is 0 Å². The summed E-state index contributed by atoms with van der Waals surface area (Å²) in [5.74, 6) is 0.746. The molecule has 4 nitrogen and oxygen atoms in total. The molecular weight excluding hydrogens is 212 g/mol. The fraction of sp³-hybridized carbons (Fsp3) is 1.00. The van der Waals surface area contributed by atoms with Crippen molar-refractivity contribution in [3.8, 4) is 0 Å². The van der Waals surface area contributed by atoms with E-state index in [0.717, 1.165) is 12.3 Å². The highest BCUT2D eigenvalue weighted by atomic mass is 32.2. The molecule has 0 atom stereocenters. The highest BCUT2D eigenvalue weighted by Crippen LogP contribution is 2.25. The Hall–Kier alpha value is -0.130. The maximum absolute atomic E-state index is 11.4. The van der Waals surface area contributed by atoms with Crippen molar-refractivity contribution in [2.45, 2.75) is 38.5 Å². The van der Waals surface area contributed by atoms with E-state index in [9.17, 15) is 8.42 Å². The molecule has 2 aliphatic rings. The lowest BCUT2D eigenvalue weighted by molar-refractivity contribution is 0.339. The first-order valence-corrected chi connectivity index (χ1v) is 7.37. The highest BCUT2D eigenvalue weighted by Gasteiger charge is 2.31. The van der Waals surface area contributed by atoms with Crippen LogP contribution in [0, 0.1) is 5.92 Å². The van der Waals surface area contributed by atoms with E-state index in [4.69, 9.17) is 0 Å². The molecule has 0 aromatic carbocycles. The number of nitrogens with one attached hydrogen (secondary N) is 1. The molecule has 0 aromatic heterocycles. The number of rotatable bonds is 5. The second-order valence-corrected chi connectivity index (χ2v) is 6.35. The summed E-state index contributed by atoms with van der Waals surface area (Å²) in [6.07, 6.45) is 7.58. The maximum Gasteiger partial charge on any atom is 0.279 e. The van der Waals surface area contributed by atoms with E-state index in [2.05, 4.69) is 4.72 Å². The molecule has 0 bridgehead atoms. The van der Waals surface area contributed by atoms with Crippen LogP contribution < -0.4 is 4.72 Å². The largest absolute Gasteiger partial charge is 0.279 e. The highest BCUT2D eigenvalue weighted by molar-refractivity contribution is 7.87. The van der Waals surface area contributed by atoms with Gasteiger partial charge in [-0.2, -0.15) is 12.7 Å². The van der Waals surface area contributed by atoms with E-state index in [0.29, 0.717) is 19.6 Å². The Morgan fingerprint density at radius 3 is 2.40 bits per heavy atom. The Morgan fingerprint density at radius 2 is 1.80 bits per heavy atom. The predicted molar refractivity (Wildman–Crippen MR) is 59.7 cm³/mol. The van der Waals surface area contributed by atoms with E-state index in [-0.39, 0.29) is 0 Å². The smallest absolute Gasteiger partial charge is 0.202 e. The van der Waals surface area contributed by atoms with E-state index in [1.165, 1.54) is 36.4 Å². The lowest BCUT2D eigenvalue weighted by atomic mass is 9.87. The fourth-order valence-electron chi connectivity index (χ4n) is 2.24. The zero-order chi connectivity index (χ0) is 10.7. The van der Waals surface area contributed by atoms with Crippen LogP contribution in [0.3, 0.4) is 0 Å². The lowest BCUT2D eigenvalue weighted by Crippen LogP contribution is -2.31. The SMILES string of the molecule is O=S(=O)(NCCC1CCCCC1)N1CC1. The zero-order valence-corrected chi connectivity index (χ0v) is 9.93. The van der Waals surface area contributed by atoms with Crippen LogP contribution in [0.5, 0.6) is 0 Å². The lowest BCUT2D eigenvalue weighted by Gasteiger charge is -2.21.